The van der Waals surface area contributed by atoms with Gasteiger partial charge in [0.25, 0.3) is 0 Å². The van der Waals surface area contributed by atoms with E-state index >= 15 is 0 Å². The molecule has 5 nitrogen and oxygen atoms in total. The molecule has 20 heavy (non-hydrogen) atoms. The first-order valence-corrected chi connectivity index (χ1v) is 7.64. The Morgan fingerprint density at radius 3 is 2.45 bits per heavy atom. The van der Waals surface area contributed by atoms with E-state index in [-0.39, 0.29) is 5.25 Å². The second kappa shape index (κ2) is 8.89. The summed E-state index contributed by atoms with van der Waals surface area (Å²) >= 11 is 1.52. The lowest BCUT2D eigenvalue weighted by atomic mass is 10.2. The van der Waals surface area contributed by atoms with Gasteiger partial charge in [0.2, 0.25) is 0 Å². The third-order valence-electron chi connectivity index (χ3n) is 2.23. The first-order chi connectivity index (χ1) is 9.17. The number of amides is 1. The van der Waals surface area contributed by atoms with Gasteiger partial charge in [0.05, 0.1) is 5.04 Å². The van der Waals surface area contributed by atoms with Crippen LogP contribution in [0.15, 0.2) is 11.9 Å². The van der Waals surface area contributed by atoms with Crippen molar-refractivity contribution in [2.24, 2.45) is 0 Å². The number of hydrogen-bond donors (Lipinski definition) is 3. The highest BCUT2D eigenvalue weighted by molar-refractivity contribution is 8.14. The van der Waals surface area contributed by atoms with E-state index in [4.69, 9.17) is 10.1 Å². The number of alkyl carbamates (subject to hydrolysis) is 1. The van der Waals surface area contributed by atoms with Crippen LogP contribution in [-0.2, 0) is 4.74 Å². The number of rotatable bonds is 6. The molecule has 0 bridgehead atoms. The van der Waals surface area contributed by atoms with Gasteiger partial charge in [0.1, 0.15) is 5.60 Å². The Balaban J connectivity index is 4.61. The third kappa shape index (κ3) is 9.72. The molecule has 0 aliphatic carbocycles. The molecule has 0 spiro atoms. The van der Waals surface area contributed by atoms with Crippen LogP contribution >= 0.6 is 11.8 Å². The fourth-order valence-electron chi connectivity index (χ4n) is 1.52. The van der Waals surface area contributed by atoms with Crippen molar-refractivity contribution in [2.75, 3.05) is 7.05 Å². The maximum Gasteiger partial charge on any atom is 0.411 e. The molecule has 0 rings (SSSR count). The molecular formula is C14H27N3O2S. The Labute approximate surface area is 126 Å². The highest BCUT2D eigenvalue weighted by Gasteiger charge is 2.18. The fourth-order valence-corrected chi connectivity index (χ4v) is 2.45. The average molecular weight is 301 g/mol. The van der Waals surface area contributed by atoms with Crippen LogP contribution in [0.5, 0.6) is 0 Å². The number of carbonyl (C=O) groups is 1. The standard InChI is InChI=1S/C14H27N3O2S/c1-7-12(20-10(2)15)8-11(9-16-6)17-13(18)19-14(3,4)5/h9,12,15-16H,7-8H2,1-6H3,(H,17,18)/b11-9+,15-10?. The Bertz CT molecular complexity index is 362. The van der Waals surface area contributed by atoms with E-state index in [1.165, 1.54) is 11.8 Å². The molecule has 6 heteroatoms. The quantitative estimate of drug-likeness (QED) is 0.519. The van der Waals surface area contributed by atoms with Gasteiger partial charge in [0.15, 0.2) is 0 Å². The van der Waals surface area contributed by atoms with Crippen LogP contribution in [-0.4, -0.2) is 29.0 Å². The van der Waals surface area contributed by atoms with Gasteiger partial charge in [-0.15, -0.1) is 11.8 Å². The summed E-state index contributed by atoms with van der Waals surface area (Å²) in [5.41, 5.74) is 0.251. The molecule has 0 aliphatic heterocycles. The number of hydrogen-bond acceptors (Lipinski definition) is 5. The molecule has 0 aromatic heterocycles. The van der Waals surface area contributed by atoms with E-state index in [2.05, 4.69) is 17.6 Å². The maximum atomic E-state index is 11.8. The third-order valence-corrected chi connectivity index (χ3v) is 3.41. The smallest absolute Gasteiger partial charge is 0.411 e. The monoisotopic (exact) mass is 301 g/mol. The van der Waals surface area contributed by atoms with Gasteiger partial charge in [-0.1, -0.05) is 6.92 Å². The minimum absolute atomic E-state index is 0.266. The first-order valence-electron chi connectivity index (χ1n) is 6.76. The molecule has 0 aromatic carbocycles. The largest absolute Gasteiger partial charge is 0.444 e. The molecule has 0 fully saturated rings. The topological polar surface area (TPSA) is 74.2 Å². The summed E-state index contributed by atoms with van der Waals surface area (Å²) in [6.45, 7) is 9.34. The molecule has 0 aliphatic rings. The molecule has 0 saturated heterocycles. The van der Waals surface area contributed by atoms with E-state index in [0.29, 0.717) is 11.5 Å². The van der Waals surface area contributed by atoms with Crippen LogP contribution in [0, 0.1) is 5.41 Å². The summed E-state index contributed by atoms with van der Waals surface area (Å²) in [5.74, 6) is 0. The number of ether oxygens (including phenoxy) is 1. The van der Waals surface area contributed by atoms with Crippen molar-refractivity contribution < 1.29 is 9.53 Å². The van der Waals surface area contributed by atoms with Gasteiger partial charge in [0, 0.05) is 30.6 Å². The van der Waals surface area contributed by atoms with Crippen LogP contribution in [0.3, 0.4) is 0 Å². The van der Waals surface area contributed by atoms with Crippen molar-refractivity contribution in [2.45, 2.75) is 58.3 Å². The van der Waals surface area contributed by atoms with Gasteiger partial charge in [-0.2, -0.15) is 0 Å². The van der Waals surface area contributed by atoms with Gasteiger partial charge >= 0.3 is 6.09 Å². The van der Waals surface area contributed by atoms with Crippen LogP contribution < -0.4 is 10.6 Å². The zero-order valence-corrected chi connectivity index (χ0v) is 14.1. The number of allylic oxidation sites excluding steroid dienone is 1. The number of nitrogens with one attached hydrogen (secondary N) is 3. The van der Waals surface area contributed by atoms with Crippen LogP contribution in [0.4, 0.5) is 4.79 Å². The lowest BCUT2D eigenvalue weighted by Gasteiger charge is -2.22. The first kappa shape index (κ1) is 18.8. The summed E-state index contributed by atoms with van der Waals surface area (Å²) in [4.78, 5) is 11.8. The van der Waals surface area contributed by atoms with Crippen LogP contribution in [0.1, 0.15) is 47.5 Å². The fraction of sp³-hybridized carbons (Fsp3) is 0.714. The molecule has 0 radical (unpaired) electrons. The van der Waals surface area contributed by atoms with Crippen molar-refractivity contribution in [3.05, 3.63) is 11.9 Å². The lowest BCUT2D eigenvalue weighted by Crippen LogP contribution is -2.33. The highest BCUT2D eigenvalue weighted by atomic mass is 32.2. The Kier molecular flexibility index (Phi) is 8.37. The Morgan fingerprint density at radius 1 is 1.45 bits per heavy atom. The van der Waals surface area contributed by atoms with E-state index in [1.807, 2.05) is 20.8 Å². The summed E-state index contributed by atoms with van der Waals surface area (Å²) in [6, 6.07) is 0. The Morgan fingerprint density at radius 2 is 2.05 bits per heavy atom. The summed E-state index contributed by atoms with van der Waals surface area (Å²) in [7, 11) is 1.78. The molecule has 1 atom stereocenters. The molecule has 0 aromatic rings. The number of thioether (sulfide) groups is 1. The summed E-state index contributed by atoms with van der Waals surface area (Å²) in [6.07, 6.45) is 2.91. The lowest BCUT2D eigenvalue weighted by molar-refractivity contribution is 0.0544. The zero-order chi connectivity index (χ0) is 15.8. The van der Waals surface area contributed by atoms with Crippen LogP contribution in [0.2, 0.25) is 0 Å². The predicted octanol–water partition coefficient (Wildman–Crippen LogP) is 3.47. The average Bonchev–Trinajstić information content (AvgIpc) is 2.24. The van der Waals surface area contributed by atoms with Crippen molar-refractivity contribution in [3.63, 3.8) is 0 Å². The van der Waals surface area contributed by atoms with Gasteiger partial charge < -0.3 is 10.1 Å². The van der Waals surface area contributed by atoms with Gasteiger partial charge in [-0.3, -0.25) is 10.7 Å². The molecule has 3 N–H and O–H groups in total. The van der Waals surface area contributed by atoms with Gasteiger partial charge in [-0.05, 0) is 34.1 Å². The maximum absolute atomic E-state index is 11.8. The predicted molar refractivity (Wildman–Crippen MR) is 86.2 cm³/mol. The summed E-state index contributed by atoms with van der Waals surface area (Å²) in [5, 5.41) is 14.1. The highest BCUT2D eigenvalue weighted by Crippen LogP contribution is 2.22. The molecule has 0 heterocycles. The molecule has 1 amide bonds. The van der Waals surface area contributed by atoms with E-state index in [0.717, 1.165) is 12.1 Å². The molecule has 1 unspecified atom stereocenters. The van der Waals surface area contributed by atoms with E-state index in [1.54, 1.807) is 20.2 Å². The second-order valence-corrected chi connectivity index (χ2v) is 7.01. The normalized spacial score (nSPS) is 13.6. The van der Waals surface area contributed by atoms with Crippen molar-refractivity contribution in [1.82, 2.24) is 10.6 Å². The van der Waals surface area contributed by atoms with Crippen molar-refractivity contribution in [3.8, 4) is 0 Å². The van der Waals surface area contributed by atoms with Gasteiger partial charge in [-0.25, -0.2) is 4.79 Å². The molecular weight excluding hydrogens is 274 g/mol. The molecule has 116 valence electrons. The second-order valence-electron chi connectivity index (χ2n) is 5.49. The van der Waals surface area contributed by atoms with E-state index in [9.17, 15) is 4.79 Å². The minimum Gasteiger partial charge on any atom is -0.444 e. The zero-order valence-electron chi connectivity index (χ0n) is 13.3. The number of carbonyl (C=O) groups excluding carboxylic acids is 1. The SMILES string of the molecule is CCC(C/C(=C\NC)NC(=O)OC(C)(C)C)SC(C)=N. The molecule has 0 saturated carbocycles. The Hall–Kier alpha value is -1.17. The summed E-state index contributed by atoms with van der Waals surface area (Å²) < 4.78 is 5.24. The van der Waals surface area contributed by atoms with E-state index < -0.39 is 11.7 Å². The minimum atomic E-state index is -0.515. The van der Waals surface area contributed by atoms with Crippen molar-refractivity contribution in [1.29, 1.82) is 5.41 Å². The van der Waals surface area contributed by atoms with Crippen molar-refractivity contribution >= 4 is 22.9 Å². The van der Waals surface area contributed by atoms with Crippen LogP contribution in [0.25, 0.3) is 0 Å².